The molecule has 6 heteroatoms. The maximum atomic E-state index is 10.6. The van der Waals surface area contributed by atoms with E-state index in [1.807, 2.05) is 19.1 Å². The molecular weight excluding hydrogens is 254 g/mol. The smallest absolute Gasteiger partial charge is 0.356 e. The van der Waals surface area contributed by atoms with Gasteiger partial charge in [-0.05, 0) is 36.8 Å². The molecule has 18 heavy (non-hydrogen) atoms. The summed E-state index contributed by atoms with van der Waals surface area (Å²) in [5.41, 5.74) is 1.60. The number of aromatic carboxylic acids is 1. The first-order valence-corrected chi connectivity index (χ1v) is 5.55. The van der Waals surface area contributed by atoms with E-state index in [0.717, 1.165) is 11.3 Å². The lowest BCUT2D eigenvalue weighted by Crippen LogP contribution is -2.04. The van der Waals surface area contributed by atoms with Gasteiger partial charge in [0, 0.05) is 10.7 Å². The van der Waals surface area contributed by atoms with Crippen molar-refractivity contribution in [1.29, 1.82) is 0 Å². The lowest BCUT2D eigenvalue weighted by atomic mass is 10.2. The highest BCUT2D eigenvalue weighted by atomic mass is 35.5. The summed E-state index contributed by atoms with van der Waals surface area (Å²) < 4.78 is 0. The lowest BCUT2D eigenvalue weighted by molar-refractivity contribution is 0.0689. The Balaban J connectivity index is 2.24. The second-order valence-electron chi connectivity index (χ2n) is 3.65. The SMILES string of the molecule is Cc1c(Cl)cccc1Nc1ccc(C(=O)O)nn1. The minimum atomic E-state index is -1.10. The average Bonchev–Trinajstić information content (AvgIpc) is 2.36. The van der Waals surface area contributed by atoms with Gasteiger partial charge in [-0.15, -0.1) is 10.2 Å². The lowest BCUT2D eigenvalue weighted by Gasteiger charge is -2.09. The number of nitrogens with zero attached hydrogens (tertiary/aromatic N) is 2. The Morgan fingerprint density at radius 3 is 2.67 bits per heavy atom. The number of benzene rings is 1. The van der Waals surface area contributed by atoms with Crippen molar-refractivity contribution < 1.29 is 9.90 Å². The zero-order chi connectivity index (χ0) is 13.1. The quantitative estimate of drug-likeness (QED) is 0.891. The Morgan fingerprint density at radius 1 is 1.28 bits per heavy atom. The average molecular weight is 264 g/mol. The van der Waals surface area contributed by atoms with Crippen molar-refractivity contribution in [2.75, 3.05) is 5.32 Å². The maximum Gasteiger partial charge on any atom is 0.356 e. The van der Waals surface area contributed by atoms with Crippen LogP contribution in [0.5, 0.6) is 0 Å². The zero-order valence-corrected chi connectivity index (χ0v) is 10.3. The van der Waals surface area contributed by atoms with E-state index in [-0.39, 0.29) is 5.69 Å². The molecule has 0 radical (unpaired) electrons. The van der Waals surface area contributed by atoms with Gasteiger partial charge in [-0.1, -0.05) is 17.7 Å². The number of carbonyl (C=O) groups is 1. The van der Waals surface area contributed by atoms with Crippen LogP contribution in [0, 0.1) is 6.92 Å². The highest BCUT2D eigenvalue weighted by Gasteiger charge is 2.06. The molecule has 0 saturated carbocycles. The third-order valence-corrected chi connectivity index (χ3v) is 2.82. The largest absolute Gasteiger partial charge is 0.476 e. The standard InChI is InChI=1S/C12H10ClN3O2/c1-7-8(13)3-2-4-9(7)14-11-6-5-10(12(17)18)15-16-11/h2-6H,1H3,(H,14,16)(H,17,18). The molecular formula is C12H10ClN3O2. The first kappa shape index (κ1) is 12.3. The Labute approximate surface area is 108 Å². The monoisotopic (exact) mass is 263 g/mol. The van der Waals surface area contributed by atoms with Crippen molar-refractivity contribution in [1.82, 2.24) is 10.2 Å². The van der Waals surface area contributed by atoms with E-state index >= 15 is 0 Å². The highest BCUT2D eigenvalue weighted by molar-refractivity contribution is 6.31. The van der Waals surface area contributed by atoms with E-state index in [0.29, 0.717) is 10.8 Å². The van der Waals surface area contributed by atoms with Crippen molar-refractivity contribution in [3.05, 3.63) is 46.6 Å². The molecule has 1 aromatic heterocycles. The molecule has 5 nitrogen and oxygen atoms in total. The van der Waals surface area contributed by atoms with Crippen molar-refractivity contribution in [3.8, 4) is 0 Å². The van der Waals surface area contributed by atoms with E-state index in [4.69, 9.17) is 16.7 Å². The molecule has 0 aliphatic carbocycles. The van der Waals surface area contributed by atoms with Crippen LogP contribution in [-0.4, -0.2) is 21.3 Å². The van der Waals surface area contributed by atoms with Gasteiger partial charge in [0.05, 0.1) is 0 Å². The summed E-state index contributed by atoms with van der Waals surface area (Å²) in [5, 5.41) is 19.7. The number of rotatable bonds is 3. The van der Waals surface area contributed by atoms with Crippen molar-refractivity contribution >= 4 is 29.1 Å². The third kappa shape index (κ3) is 2.57. The molecule has 2 aromatic rings. The predicted molar refractivity (Wildman–Crippen MR) is 68.5 cm³/mol. The van der Waals surface area contributed by atoms with Gasteiger partial charge >= 0.3 is 5.97 Å². The van der Waals surface area contributed by atoms with E-state index in [9.17, 15) is 4.79 Å². The number of carboxylic acids is 1. The van der Waals surface area contributed by atoms with Crippen LogP contribution >= 0.6 is 11.6 Å². The fourth-order valence-electron chi connectivity index (χ4n) is 1.39. The first-order valence-electron chi connectivity index (χ1n) is 5.17. The molecule has 0 spiro atoms. The van der Waals surface area contributed by atoms with Gasteiger partial charge in [-0.3, -0.25) is 0 Å². The summed E-state index contributed by atoms with van der Waals surface area (Å²) >= 11 is 5.99. The number of halogens is 1. The highest BCUT2D eigenvalue weighted by Crippen LogP contribution is 2.25. The molecule has 1 aromatic carbocycles. The maximum absolute atomic E-state index is 10.6. The second kappa shape index (κ2) is 5.01. The van der Waals surface area contributed by atoms with Crippen LogP contribution in [0.2, 0.25) is 5.02 Å². The van der Waals surface area contributed by atoms with E-state index in [1.165, 1.54) is 6.07 Å². The van der Waals surface area contributed by atoms with Crippen molar-refractivity contribution in [2.45, 2.75) is 6.92 Å². The van der Waals surface area contributed by atoms with Gasteiger partial charge in [0.1, 0.15) is 0 Å². The Bertz CT molecular complexity index is 584. The number of aromatic nitrogens is 2. The normalized spacial score (nSPS) is 10.1. The molecule has 92 valence electrons. The van der Waals surface area contributed by atoms with Crippen LogP contribution in [-0.2, 0) is 0 Å². The number of carboxylic acid groups (broad SMARTS) is 1. The van der Waals surface area contributed by atoms with Gasteiger partial charge in [0.15, 0.2) is 11.5 Å². The van der Waals surface area contributed by atoms with E-state index in [1.54, 1.807) is 12.1 Å². The van der Waals surface area contributed by atoms with Crippen LogP contribution < -0.4 is 5.32 Å². The fourth-order valence-corrected chi connectivity index (χ4v) is 1.57. The van der Waals surface area contributed by atoms with Gasteiger partial charge in [0.2, 0.25) is 0 Å². The van der Waals surface area contributed by atoms with Gasteiger partial charge in [0.25, 0.3) is 0 Å². The molecule has 1 heterocycles. The van der Waals surface area contributed by atoms with Gasteiger partial charge in [-0.2, -0.15) is 0 Å². The number of hydrogen-bond acceptors (Lipinski definition) is 4. The van der Waals surface area contributed by atoms with Gasteiger partial charge < -0.3 is 10.4 Å². The number of hydrogen-bond donors (Lipinski definition) is 2. The van der Waals surface area contributed by atoms with E-state index < -0.39 is 5.97 Å². The molecule has 0 fully saturated rings. The van der Waals surface area contributed by atoms with Crippen LogP contribution in [0.25, 0.3) is 0 Å². The zero-order valence-electron chi connectivity index (χ0n) is 9.51. The minimum Gasteiger partial charge on any atom is -0.476 e. The summed E-state index contributed by atoms with van der Waals surface area (Å²) in [6.07, 6.45) is 0. The molecule has 0 aliphatic heterocycles. The molecule has 0 unspecified atom stereocenters. The molecule has 0 bridgehead atoms. The van der Waals surface area contributed by atoms with Crippen LogP contribution in [0.1, 0.15) is 16.1 Å². The van der Waals surface area contributed by atoms with Crippen LogP contribution in [0.15, 0.2) is 30.3 Å². The molecule has 2 N–H and O–H groups in total. The molecule has 0 amide bonds. The Kier molecular flexibility index (Phi) is 3.43. The molecule has 0 aliphatic rings. The summed E-state index contributed by atoms with van der Waals surface area (Å²) in [5.74, 6) is -0.640. The number of anilines is 2. The van der Waals surface area contributed by atoms with Crippen molar-refractivity contribution in [2.24, 2.45) is 0 Å². The summed E-state index contributed by atoms with van der Waals surface area (Å²) in [6.45, 7) is 1.88. The predicted octanol–water partition coefficient (Wildman–Crippen LogP) is 2.88. The summed E-state index contributed by atoms with van der Waals surface area (Å²) in [6, 6.07) is 8.40. The van der Waals surface area contributed by atoms with E-state index in [2.05, 4.69) is 15.5 Å². The number of nitrogens with one attached hydrogen (secondary N) is 1. The summed E-state index contributed by atoms with van der Waals surface area (Å²) in [7, 11) is 0. The fraction of sp³-hybridized carbons (Fsp3) is 0.0833. The Hall–Kier alpha value is -2.14. The third-order valence-electron chi connectivity index (χ3n) is 2.41. The molecule has 0 atom stereocenters. The Morgan fingerprint density at radius 2 is 2.06 bits per heavy atom. The van der Waals surface area contributed by atoms with Crippen LogP contribution in [0.4, 0.5) is 11.5 Å². The second-order valence-corrected chi connectivity index (χ2v) is 4.05. The summed E-state index contributed by atoms with van der Waals surface area (Å²) in [4.78, 5) is 10.6. The first-order chi connectivity index (χ1) is 8.58. The van der Waals surface area contributed by atoms with Crippen LogP contribution in [0.3, 0.4) is 0 Å². The topological polar surface area (TPSA) is 75.1 Å². The minimum absolute atomic E-state index is 0.0941. The van der Waals surface area contributed by atoms with Crippen molar-refractivity contribution in [3.63, 3.8) is 0 Å². The molecule has 2 rings (SSSR count). The van der Waals surface area contributed by atoms with Gasteiger partial charge in [-0.25, -0.2) is 4.79 Å². The molecule has 0 saturated heterocycles.